The van der Waals surface area contributed by atoms with Crippen LogP contribution in [0.15, 0.2) is 23.1 Å². The van der Waals surface area contributed by atoms with Crippen LogP contribution in [0, 0.1) is 0 Å². The van der Waals surface area contributed by atoms with Crippen molar-refractivity contribution in [3.8, 4) is 0 Å². The van der Waals surface area contributed by atoms with Gasteiger partial charge in [-0.3, -0.25) is 9.59 Å². The van der Waals surface area contributed by atoms with E-state index in [1.807, 2.05) is 6.07 Å². The van der Waals surface area contributed by atoms with Gasteiger partial charge in [0.15, 0.2) is 0 Å². The van der Waals surface area contributed by atoms with E-state index in [0.717, 1.165) is 10.6 Å². The minimum absolute atomic E-state index is 0.0470. The lowest BCUT2D eigenvalue weighted by Crippen LogP contribution is -2.50. The second-order valence-corrected chi connectivity index (χ2v) is 9.34. The number of amides is 2. The number of nitrogens with zero attached hydrogens (tertiary/aromatic N) is 2. The van der Waals surface area contributed by atoms with Crippen molar-refractivity contribution >= 4 is 39.3 Å². The Morgan fingerprint density at radius 2 is 1.96 bits per heavy atom. The quantitative estimate of drug-likeness (QED) is 0.848. The molecule has 9 heteroatoms. The Hall–Kier alpha value is -1.58. The first-order valence-electron chi connectivity index (χ1n) is 8.24. The molecule has 2 heterocycles. The van der Waals surface area contributed by atoms with Gasteiger partial charge in [-0.15, -0.1) is 11.8 Å². The maximum atomic E-state index is 12.7. The van der Waals surface area contributed by atoms with Crippen molar-refractivity contribution in [2.45, 2.75) is 18.2 Å². The van der Waals surface area contributed by atoms with Gasteiger partial charge in [-0.2, -0.15) is 4.31 Å². The lowest BCUT2D eigenvalue weighted by Gasteiger charge is -2.34. The molecule has 0 bridgehead atoms. The zero-order chi connectivity index (χ0) is 18.0. The van der Waals surface area contributed by atoms with Gasteiger partial charge in [-0.25, -0.2) is 8.42 Å². The lowest BCUT2D eigenvalue weighted by atomic mass is 10.1. The van der Waals surface area contributed by atoms with Gasteiger partial charge in [-0.1, -0.05) is 0 Å². The third-order valence-electron chi connectivity index (χ3n) is 4.37. The number of sulfonamides is 1. The number of carbonyl (C=O) groups is 2. The highest BCUT2D eigenvalue weighted by atomic mass is 32.2. The predicted octanol–water partition coefficient (Wildman–Crippen LogP) is 1.23. The number of nitrogens with one attached hydrogen (secondary N) is 1. The second-order valence-electron chi connectivity index (χ2n) is 5.95. The summed E-state index contributed by atoms with van der Waals surface area (Å²) in [5.41, 5.74) is 1.18. The number of thioether (sulfide) groups is 1. The summed E-state index contributed by atoms with van der Waals surface area (Å²) in [6.07, 6.45) is 0.455. The first-order valence-corrected chi connectivity index (χ1v) is 10.8. The molecule has 0 spiro atoms. The molecule has 0 aromatic heterocycles. The number of fused-ring (bicyclic) bond motifs is 1. The standard InChI is InChI=1S/C16H21N3O4S2/c1-2-25(22,23)19-8-6-18(7-9-19)16(21)12-3-4-14-13(11-12)17-15(20)5-10-24-14/h3-4,11H,2,5-10H2,1H3,(H,17,20). The zero-order valence-electron chi connectivity index (χ0n) is 14.0. The van der Waals surface area contributed by atoms with Gasteiger partial charge in [0.1, 0.15) is 0 Å². The summed E-state index contributed by atoms with van der Waals surface area (Å²) in [5.74, 6) is 0.609. The van der Waals surface area contributed by atoms with Crippen molar-refractivity contribution in [1.82, 2.24) is 9.21 Å². The molecule has 2 aliphatic rings. The SMILES string of the molecule is CCS(=O)(=O)N1CCN(C(=O)c2ccc3c(c2)NC(=O)CCS3)CC1. The van der Waals surface area contributed by atoms with Gasteiger partial charge in [0.2, 0.25) is 15.9 Å². The average Bonchev–Trinajstić information content (AvgIpc) is 2.81. The van der Waals surface area contributed by atoms with Gasteiger partial charge >= 0.3 is 0 Å². The molecule has 25 heavy (non-hydrogen) atoms. The first kappa shape index (κ1) is 18.2. The number of benzene rings is 1. The molecule has 3 rings (SSSR count). The number of anilines is 1. The summed E-state index contributed by atoms with van der Waals surface area (Å²) in [7, 11) is -3.21. The van der Waals surface area contributed by atoms with Crippen molar-refractivity contribution in [2.24, 2.45) is 0 Å². The van der Waals surface area contributed by atoms with Crippen molar-refractivity contribution in [2.75, 3.05) is 43.0 Å². The summed E-state index contributed by atoms with van der Waals surface area (Å²) in [6.45, 7) is 3.00. The highest BCUT2D eigenvalue weighted by molar-refractivity contribution is 7.99. The Kier molecular flexibility index (Phi) is 5.35. The summed E-state index contributed by atoms with van der Waals surface area (Å²) < 4.78 is 25.2. The molecule has 0 unspecified atom stereocenters. The van der Waals surface area contributed by atoms with Crippen LogP contribution < -0.4 is 5.32 Å². The Bertz CT molecular complexity index is 787. The first-order chi connectivity index (χ1) is 11.9. The number of piperazine rings is 1. The number of rotatable bonds is 3. The Morgan fingerprint density at radius 1 is 1.24 bits per heavy atom. The van der Waals surface area contributed by atoms with Crippen LogP contribution in [0.2, 0.25) is 0 Å². The molecule has 1 N–H and O–H groups in total. The van der Waals surface area contributed by atoms with Crippen LogP contribution in [0.4, 0.5) is 5.69 Å². The van der Waals surface area contributed by atoms with Crippen LogP contribution >= 0.6 is 11.8 Å². The fourth-order valence-electron chi connectivity index (χ4n) is 2.89. The molecule has 0 aliphatic carbocycles. The van der Waals surface area contributed by atoms with E-state index in [1.165, 1.54) is 4.31 Å². The molecule has 1 saturated heterocycles. The molecule has 2 amide bonds. The van der Waals surface area contributed by atoms with E-state index in [0.29, 0.717) is 43.9 Å². The maximum Gasteiger partial charge on any atom is 0.254 e. The minimum atomic E-state index is -3.21. The van der Waals surface area contributed by atoms with E-state index in [4.69, 9.17) is 0 Å². The number of hydrogen-bond donors (Lipinski definition) is 1. The van der Waals surface area contributed by atoms with Gasteiger partial charge < -0.3 is 10.2 Å². The monoisotopic (exact) mass is 383 g/mol. The van der Waals surface area contributed by atoms with Crippen LogP contribution in [-0.2, 0) is 14.8 Å². The third kappa shape index (κ3) is 3.99. The molecule has 136 valence electrons. The van der Waals surface area contributed by atoms with Crippen molar-refractivity contribution in [3.63, 3.8) is 0 Å². The van der Waals surface area contributed by atoms with E-state index in [9.17, 15) is 18.0 Å². The van der Waals surface area contributed by atoms with Crippen molar-refractivity contribution in [1.29, 1.82) is 0 Å². The Labute approximate surface area is 151 Å². The lowest BCUT2D eigenvalue weighted by molar-refractivity contribution is -0.115. The molecule has 2 aliphatic heterocycles. The molecule has 0 atom stereocenters. The number of hydrogen-bond acceptors (Lipinski definition) is 5. The van der Waals surface area contributed by atoms with Crippen LogP contribution in [0.25, 0.3) is 0 Å². The molecule has 0 radical (unpaired) electrons. The molecule has 1 aromatic rings. The van der Waals surface area contributed by atoms with E-state index >= 15 is 0 Å². The van der Waals surface area contributed by atoms with Crippen LogP contribution in [-0.4, -0.2) is 67.1 Å². The molecule has 1 fully saturated rings. The topological polar surface area (TPSA) is 86.8 Å². The molecular weight excluding hydrogens is 362 g/mol. The van der Waals surface area contributed by atoms with Crippen LogP contribution in [0.1, 0.15) is 23.7 Å². The van der Waals surface area contributed by atoms with E-state index in [1.54, 1.807) is 35.7 Å². The largest absolute Gasteiger partial charge is 0.336 e. The average molecular weight is 383 g/mol. The summed E-state index contributed by atoms with van der Waals surface area (Å²) in [6, 6.07) is 5.33. The van der Waals surface area contributed by atoms with Gasteiger partial charge in [0.05, 0.1) is 11.4 Å². The van der Waals surface area contributed by atoms with E-state index in [2.05, 4.69) is 5.32 Å². The van der Waals surface area contributed by atoms with Crippen LogP contribution in [0.3, 0.4) is 0 Å². The maximum absolute atomic E-state index is 12.7. The van der Waals surface area contributed by atoms with Gasteiger partial charge in [0, 0.05) is 48.8 Å². The highest BCUT2D eigenvalue weighted by Crippen LogP contribution is 2.31. The van der Waals surface area contributed by atoms with Gasteiger partial charge in [0.25, 0.3) is 5.91 Å². The van der Waals surface area contributed by atoms with E-state index in [-0.39, 0.29) is 17.6 Å². The Morgan fingerprint density at radius 3 is 2.64 bits per heavy atom. The third-order valence-corrected chi connectivity index (χ3v) is 7.33. The Balaban J connectivity index is 1.71. The minimum Gasteiger partial charge on any atom is -0.336 e. The van der Waals surface area contributed by atoms with E-state index < -0.39 is 10.0 Å². The summed E-state index contributed by atoms with van der Waals surface area (Å²) in [5, 5.41) is 2.84. The fraction of sp³-hybridized carbons (Fsp3) is 0.500. The van der Waals surface area contributed by atoms with Crippen molar-refractivity contribution in [3.05, 3.63) is 23.8 Å². The normalized spacial score (nSPS) is 19.1. The van der Waals surface area contributed by atoms with Gasteiger partial charge in [-0.05, 0) is 25.1 Å². The molecule has 0 saturated carbocycles. The zero-order valence-corrected chi connectivity index (χ0v) is 15.7. The predicted molar refractivity (Wildman–Crippen MR) is 97.4 cm³/mol. The molecular formula is C16H21N3O4S2. The highest BCUT2D eigenvalue weighted by Gasteiger charge is 2.28. The molecule has 1 aromatic carbocycles. The number of carbonyl (C=O) groups excluding carboxylic acids is 2. The fourth-order valence-corrected chi connectivity index (χ4v) is 4.91. The smallest absolute Gasteiger partial charge is 0.254 e. The summed E-state index contributed by atoms with van der Waals surface area (Å²) >= 11 is 1.59. The van der Waals surface area contributed by atoms with Crippen LogP contribution in [0.5, 0.6) is 0 Å². The summed E-state index contributed by atoms with van der Waals surface area (Å²) in [4.78, 5) is 27.0. The molecule has 7 nitrogen and oxygen atoms in total. The second kappa shape index (κ2) is 7.35. The van der Waals surface area contributed by atoms with Crippen molar-refractivity contribution < 1.29 is 18.0 Å².